The highest BCUT2D eigenvalue weighted by Crippen LogP contribution is 2.49. The smallest absolute Gasteiger partial charge is 0.143 e. The van der Waals surface area contributed by atoms with E-state index in [1.165, 1.54) is 0 Å². The molecular weight excluding hydrogens is 340 g/mol. The van der Waals surface area contributed by atoms with Crippen molar-refractivity contribution in [2.75, 3.05) is 6.61 Å². The second-order valence-electron chi connectivity index (χ2n) is 6.31. The third-order valence-corrected chi connectivity index (χ3v) is 6.00. The molecule has 1 aliphatic rings. The molecule has 0 amide bonds. The van der Waals surface area contributed by atoms with Crippen LogP contribution in [0.3, 0.4) is 0 Å². The minimum absolute atomic E-state index is 0.0238. The molecule has 0 aliphatic carbocycles. The van der Waals surface area contributed by atoms with E-state index in [-0.39, 0.29) is 6.61 Å². The monoisotopic (exact) mass is 356 g/mol. The van der Waals surface area contributed by atoms with Gasteiger partial charge in [-0.3, -0.25) is 0 Å². The van der Waals surface area contributed by atoms with Gasteiger partial charge in [0.2, 0.25) is 0 Å². The first-order valence-corrected chi connectivity index (χ1v) is 9.31. The Kier molecular flexibility index (Phi) is 3.52. The van der Waals surface area contributed by atoms with Gasteiger partial charge in [0.15, 0.2) is 0 Å². The number of allylic oxidation sites excluding steroid dienone is 2. The second-order valence-corrected chi connectivity index (χ2v) is 7.45. The largest absolute Gasteiger partial charge is 0.455 e. The van der Waals surface area contributed by atoms with Gasteiger partial charge in [-0.15, -0.1) is 0 Å². The van der Waals surface area contributed by atoms with E-state index in [4.69, 9.17) is 4.42 Å². The summed E-state index contributed by atoms with van der Waals surface area (Å²) in [5.74, 6) is 0. The Morgan fingerprint density at radius 1 is 0.846 bits per heavy atom. The van der Waals surface area contributed by atoms with E-state index in [2.05, 4.69) is 36.9 Å². The molecule has 26 heavy (non-hydrogen) atoms. The molecule has 126 valence electrons. The first-order chi connectivity index (χ1) is 12.8. The maximum atomic E-state index is 10.0. The van der Waals surface area contributed by atoms with E-state index in [1.54, 1.807) is 11.8 Å². The van der Waals surface area contributed by atoms with Gasteiger partial charge in [-0.1, -0.05) is 72.9 Å². The summed E-state index contributed by atoms with van der Waals surface area (Å²) < 4.78 is 6.20. The van der Waals surface area contributed by atoms with Gasteiger partial charge in [0.05, 0.1) is 6.61 Å². The molecule has 2 nitrogen and oxygen atoms in total. The predicted octanol–water partition coefficient (Wildman–Crippen LogP) is 6.11. The topological polar surface area (TPSA) is 33.4 Å². The van der Waals surface area contributed by atoms with Gasteiger partial charge in [0, 0.05) is 31.7 Å². The van der Waals surface area contributed by atoms with Crippen molar-refractivity contribution in [3.8, 4) is 0 Å². The van der Waals surface area contributed by atoms with Crippen molar-refractivity contribution in [1.29, 1.82) is 0 Å². The number of hydrogen-bond donors (Lipinski definition) is 1. The lowest BCUT2D eigenvalue weighted by Gasteiger charge is -2.24. The number of fused-ring (bicyclic) bond motifs is 4. The lowest BCUT2D eigenvalue weighted by Crippen LogP contribution is -2.03. The Labute approximate surface area is 155 Å². The molecule has 0 fully saturated rings. The zero-order valence-electron chi connectivity index (χ0n) is 14.0. The molecule has 0 saturated heterocycles. The first-order valence-electron chi connectivity index (χ1n) is 8.49. The van der Waals surface area contributed by atoms with Crippen LogP contribution in [0.1, 0.15) is 11.1 Å². The van der Waals surface area contributed by atoms with Gasteiger partial charge in [-0.2, -0.15) is 0 Å². The van der Waals surface area contributed by atoms with E-state index < -0.39 is 0 Å². The van der Waals surface area contributed by atoms with Crippen LogP contribution in [0.5, 0.6) is 0 Å². The number of thioether (sulfide) groups is 1. The summed E-state index contributed by atoms with van der Waals surface area (Å²) in [5, 5.41) is 12.2. The molecule has 0 unspecified atom stereocenters. The summed E-state index contributed by atoms with van der Waals surface area (Å²) in [6.45, 7) is 4.32. The van der Waals surface area contributed by atoms with Crippen molar-refractivity contribution < 1.29 is 9.52 Å². The molecule has 0 bridgehead atoms. The van der Waals surface area contributed by atoms with Crippen molar-refractivity contribution in [2.45, 2.75) is 4.90 Å². The van der Waals surface area contributed by atoms with Gasteiger partial charge in [0.25, 0.3) is 0 Å². The van der Waals surface area contributed by atoms with E-state index >= 15 is 0 Å². The summed E-state index contributed by atoms with van der Waals surface area (Å²) in [4.78, 5) is 2.03. The van der Waals surface area contributed by atoms with Crippen molar-refractivity contribution in [2.24, 2.45) is 0 Å². The Morgan fingerprint density at radius 3 is 2.46 bits per heavy atom. The normalized spacial score (nSPS) is 14.3. The second kappa shape index (κ2) is 5.90. The molecule has 1 aliphatic heterocycles. The average Bonchev–Trinajstić information content (AvgIpc) is 3.07. The molecule has 0 atom stereocenters. The molecule has 1 aromatic heterocycles. The van der Waals surface area contributed by atoms with Crippen LogP contribution in [0.2, 0.25) is 0 Å². The van der Waals surface area contributed by atoms with Gasteiger partial charge >= 0.3 is 0 Å². The van der Waals surface area contributed by atoms with Crippen LogP contribution in [-0.2, 0) is 0 Å². The molecule has 0 spiro atoms. The fourth-order valence-electron chi connectivity index (χ4n) is 3.66. The van der Waals surface area contributed by atoms with Gasteiger partial charge in [-0.25, -0.2) is 0 Å². The van der Waals surface area contributed by atoms with E-state index in [0.717, 1.165) is 54.0 Å². The summed E-state index contributed by atoms with van der Waals surface area (Å²) in [6, 6.07) is 22.4. The SMILES string of the molecule is C=C1C(c2cccc3c2oc2ccccc23)=C(CO)Sc2ccccc21. The van der Waals surface area contributed by atoms with E-state index in [1.807, 2.05) is 36.4 Å². The van der Waals surface area contributed by atoms with Crippen LogP contribution in [0.25, 0.3) is 33.1 Å². The lowest BCUT2D eigenvalue weighted by molar-refractivity contribution is 0.340. The first kappa shape index (κ1) is 15.5. The Balaban J connectivity index is 1.81. The standard InChI is InChI=1S/C23H16O2S/c1-14-15-7-3-5-12-20(15)26-21(13-24)22(14)18-10-6-9-17-16-8-2-4-11-19(16)25-23(17)18/h2-12,24H,1,13H2. The van der Waals surface area contributed by atoms with Crippen molar-refractivity contribution >= 4 is 44.8 Å². The van der Waals surface area contributed by atoms with Crippen LogP contribution in [0.15, 0.2) is 87.5 Å². The molecule has 0 radical (unpaired) electrons. The highest BCUT2D eigenvalue weighted by Gasteiger charge is 2.25. The zero-order valence-corrected chi connectivity index (χ0v) is 14.8. The Bertz CT molecular complexity index is 1210. The minimum Gasteiger partial charge on any atom is -0.455 e. The zero-order chi connectivity index (χ0) is 17.7. The molecular formula is C23H16O2S. The number of benzene rings is 3. The van der Waals surface area contributed by atoms with Crippen molar-refractivity contribution in [3.05, 3.63) is 89.3 Å². The number of aliphatic hydroxyl groups excluding tert-OH is 1. The fourth-order valence-corrected chi connectivity index (χ4v) is 4.77. The molecule has 1 N–H and O–H groups in total. The van der Waals surface area contributed by atoms with Crippen LogP contribution < -0.4 is 0 Å². The number of hydrogen-bond acceptors (Lipinski definition) is 3. The Hall–Kier alpha value is -2.75. The molecule has 4 aromatic rings. The number of para-hydroxylation sites is 2. The van der Waals surface area contributed by atoms with E-state index in [0.29, 0.717) is 0 Å². The lowest BCUT2D eigenvalue weighted by atomic mass is 9.91. The predicted molar refractivity (Wildman–Crippen MR) is 109 cm³/mol. The molecule has 2 heterocycles. The van der Waals surface area contributed by atoms with Gasteiger partial charge in [0.1, 0.15) is 11.2 Å². The molecule has 3 heteroatoms. The number of aliphatic hydroxyl groups is 1. The third-order valence-electron chi connectivity index (χ3n) is 4.84. The summed E-state index contributed by atoms with van der Waals surface area (Å²) in [6.07, 6.45) is 0. The third kappa shape index (κ3) is 2.18. The molecule has 0 saturated carbocycles. The van der Waals surface area contributed by atoms with Crippen molar-refractivity contribution in [1.82, 2.24) is 0 Å². The molecule has 5 rings (SSSR count). The van der Waals surface area contributed by atoms with E-state index in [9.17, 15) is 5.11 Å². The van der Waals surface area contributed by atoms with Crippen LogP contribution in [0, 0.1) is 0 Å². The number of furan rings is 1. The number of rotatable bonds is 2. The fraction of sp³-hybridized carbons (Fsp3) is 0.0435. The molecule has 3 aromatic carbocycles. The van der Waals surface area contributed by atoms with Gasteiger partial charge in [-0.05, 0) is 23.3 Å². The maximum Gasteiger partial charge on any atom is 0.143 e. The minimum atomic E-state index is -0.0238. The highest BCUT2D eigenvalue weighted by molar-refractivity contribution is 8.03. The Morgan fingerprint density at radius 2 is 1.58 bits per heavy atom. The quantitative estimate of drug-likeness (QED) is 0.470. The summed E-state index contributed by atoms with van der Waals surface area (Å²) in [7, 11) is 0. The maximum absolute atomic E-state index is 10.0. The van der Waals surface area contributed by atoms with Gasteiger partial charge < -0.3 is 9.52 Å². The van der Waals surface area contributed by atoms with Crippen LogP contribution in [-0.4, -0.2) is 11.7 Å². The average molecular weight is 356 g/mol. The summed E-state index contributed by atoms with van der Waals surface area (Å²) >= 11 is 1.61. The summed E-state index contributed by atoms with van der Waals surface area (Å²) in [5.41, 5.74) is 5.70. The van der Waals surface area contributed by atoms with Crippen LogP contribution >= 0.6 is 11.8 Å². The van der Waals surface area contributed by atoms with Crippen LogP contribution in [0.4, 0.5) is 0 Å². The highest BCUT2D eigenvalue weighted by atomic mass is 32.2. The van der Waals surface area contributed by atoms with Crippen molar-refractivity contribution in [3.63, 3.8) is 0 Å².